The number of carbonyl (C=O) groups excluding carboxylic acids is 2. The van der Waals surface area contributed by atoms with E-state index in [1.165, 1.54) is 12.1 Å². The fourth-order valence-corrected chi connectivity index (χ4v) is 5.14. The van der Waals surface area contributed by atoms with Gasteiger partial charge in [-0.25, -0.2) is 8.78 Å². The second kappa shape index (κ2) is 7.41. The summed E-state index contributed by atoms with van der Waals surface area (Å²) in [6.45, 7) is 2.43. The van der Waals surface area contributed by atoms with Crippen LogP contribution >= 0.6 is 0 Å². The number of hydrogen-bond donors (Lipinski definition) is 0. The molecule has 2 aromatic rings. The van der Waals surface area contributed by atoms with Crippen LogP contribution in [0.25, 0.3) is 0 Å². The minimum atomic E-state index is -0.990. The largest absolute Gasteiger partial charge is 0.342 e. The monoisotopic (exact) mass is 426 g/mol. The molecule has 162 valence electrons. The Labute approximate surface area is 179 Å². The Morgan fingerprint density at radius 1 is 1.06 bits per heavy atom. The Bertz CT molecular complexity index is 1050. The lowest BCUT2D eigenvalue weighted by Crippen LogP contribution is -2.51. The second-order valence-corrected chi connectivity index (χ2v) is 8.67. The van der Waals surface area contributed by atoms with Gasteiger partial charge in [-0.2, -0.15) is 0 Å². The van der Waals surface area contributed by atoms with Gasteiger partial charge in [0.25, 0.3) is 11.8 Å². The third-order valence-corrected chi connectivity index (χ3v) is 6.79. The molecule has 3 aliphatic rings. The van der Waals surface area contributed by atoms with Crippen LogP contribution < -0.4 is 0 Å². The Kier molecular flexibility index (Phi) is 4.81. The minimum absolute atomic E-state index is 0.0508. The van der Waals surface area contributed by atoms with Gasteiger partial charge in [0.05, 0.1) is 11.6 Å². The van der Waals surface area contributed by atoms with Crippen LogP contribution in [-0.4, -0.2) is 46.5 Å². The van der Waals surface area contributed by atoms with Gasteiger partial charge in [0.1, 0.15) is 17.9 Å². The number of nitrogens with zero attached hydrogens (tertiary/aromatic N) is 2. The molecular weight excluding hydrogens is 402 g/mol. The lowest BCUT2D eigenvalue weighted by molar-refractivity contribution is -0.142. The van der Waals surface area contributed by atoms with Crippen LogP contribution in [0.15, 0.2) is 42.5 Å². The van der Waals surface area contributed by atoms with E-state index in [2.05, 4.69) is 0 Å². The van der Waals surface area contributed by atoms with Gasteiger partial charge in [-0.3, -0.25) is 9.59 Å². The maximum absolute atomic E-state index is 14.4. The number of ether oxygens (including phenoxy) is 1. The fourth-order valence-electron chi connectivity index (χ4n) is 5.14. The number of aryl methyl sites for hydroxylation is 1. The molecule has 2 amide bonds. The van der Waals surface area contributed by atoms with E-state index in [-0.39, 0.29) is 35.5 Å². The van der Waals surface area contributed by atoms with Crippen molar-refractivity contribution in [3.63, 3.8) is 0 Å². The highest BCUT2D eigenvalue weighted by molar-refractivity contribution is 5.95. The number of amides is 2. The predicted molar refractivity (Wildman–Crippen MR) is 109 cm³/mol. The first-order chi connectivity index (χ1) is 14.9. The molecular formula is C24H24F2N2O3. The zero-order chi connectivity index (χ0) is 21.8. The molecule has 0 aliphatic carbocycles. The number of benzene rings is 2. The molecule has 0 saturated carbocycles. The van der Waals surface area contributed by atoms with E-state index in [4.69, 9.17) is 4.74 Å². The number of hydrogen-bond acceptors (Lipinski definition) is 3. The highest BCUT2D eigenvalue weighted by Gasteiger charge is 2.58. The van der Waals surface area contributed by atoms with Crippen LogP contribution in [0.5, 0.6) is 0 Å². The van der Waals surface area contributed by atoms with Crippen LogP contribution in [-0.2, 0) is 9.53 Å². The Morgan fingerprint density at radius 2 is 1.81 bits per heavy atom. The Balaban J connectivity index is 1.32. The molecule has 0 aromatic heterocycles. The average molecular weight is 426 g/mol. The summed E-state index contributed by atoms with van der Waals surface area (Å²) in [6.07, 6.45) is 1.65. The number of piperidine rings is 1. The Morgan fingerprint density at radius 3 is 2.55 bits per heavy atom. The topological polar surface area (TPSA) is 49.9 Å². The van der Waals surface area contributed by atoms with Crippen molar-refractivity contribution in [2.75, 3.05) is 13.1 Å². The van der Waals surface area contributed by atoms with E-state index in [0.717, 1.165) is 5.56 Å². The van der Waals surface area contributed by atoms with E-state index in [1.54, 1.807) is 40.1 Å². The molecule has 1 spiro atoms. The van der Waals surface area contributed by atoms with E-state index < -0.39 is 11.4 Å². The summed E-state index contributed by atoms with van der Waals surface area (Å²) >= 11 is 0. The highest BCUT2D eigenvalue weighted by Crippen LogP contribution is 2.48. The van der Waals surface area contributed by atoms with Crippen molar-refractivity contribution in [1.82, 2.24) is 9.80 Å². The third kappa shape index (κ3) is 3.22. The maximum Gasteiger partial charge on any atom is 0.257 e. The van der Waals surface area contributed by atoms with E-state index >= 15 is 0 Å². The van der Waals surface area contributed by atoms with Crippen LogP contribution in [0.3, 0.4) is 0 Å². The number of carbonyl (C=O) groups is 2. The zero-order valence-corrected chi connectivity index (χ0v) is 17.3. The summed E-state index contributed by atoms with van der Waals surface area (Å²) in [7, 11) is 0. The normalized spacial score (nSPS) is 24.7. The van der Waals surface area contributed by atoms with Crippen molar-refractivity contribution < 1.29 is 23.1 Å². The van der Waals surface area contributed by atoms with Crippen molar-refractivity contribution in [2.45, 2.75) is 50.5 Å². The summed E-state index contributed by atoms with van der Waals surface area (Å²) in [5.74, 6) is -1.36. The van der Waals surface area contributed by atoms with Crippen molar-refractivity contribution in [1.29, 1.82) is 0 Å². The van der Waals surface area contributed by atoms with Gasteiger partial charge in [-0.1, -0.05) is 29.8 Å². The zero-order valence-electron chi connectivity index (χ0n) is 17.3. The lowest BCUT2D eigenvalue weighted by Gasteiger charge is -2.37. The molecule has 7 heteroatoms. The SMILES string of the molecule is Cc1ccc(F)c(C(=O)N2CCC3(CC2)OC2CCC(c4ccccc4F)N2C3=O)c1. The molecule has 31 heavy (non-hydrogen) atoms. The van der Waals surface area contributed by atoms with E-state index in [1.807, 2.05) is 6.92 Å². The molecule has 3 aliphatic heterocycles. The molecule has 5 rings (SSSR count). The molecule has 2 atom stereocenters. The lowest BCUT2D eigenvalue weighted by atomic mass is 9.89. The number of rotatable bonds is 2. The second-order valence-electron chi connectivity index (χ2n) is 8.67. The molecule has 5 nitrogen and oxygen atoms in total. The summed E-state index contributed by atoms with van der Waals surface area (Å²) in [5.41, 5.74) is 0.389. The molecule has 0 radical (unpaired) electrons. The third-order valence-electron chi connectivity index (χ3n) is 6.79. The molecule has 2 aromatic carbocycles. The quantitative estimate of drug-likeness (QED) is 0.730. The summed E-state index contributed by atoms with van der Waals surface area (Å²) in [5, 5.41) is 0. The van der Waals surface area contributed by atoms with Gasteiger partial charge in [0, 0.05) is 31.5 Å². The van der Waals surface area contributed by atoms with Crippen molar-refractivity contribution in [3.8, 4) is 0 Å². The van der Waals surface area contributed by atoms with Gasteiger partial charge in [-0.15, -0.1) is 0 Å². The summed E-state index contributed by atoms with van der Waals surface area (Å²) in [6, 6.07) is 10.7. The minimum Gasteiger partial charge on any atom is -0.342 e. The van der Waals surface area contributed by atoms with Crippen molar-refractivity contribution >= 4 is 11.8 Å². The summed E-state index contributed by atoms with van der Waals surface area (Å²) in [4.78, 5) is 29.5. The first-order valence-corrected chi connectivity index (χ1v) is 10.7. The average Bonchev–Trinajstić information content (AvgIpc) is 3.28. The van der Waals surface area contributed by atoms with Gasteiger partial charge in [-0.05, 0) is 38.0 Å². The van der Waals surface area contributed by atoms with Crippen molar-refractivity contribution in [3.05, 3.63) is 70.8 Å². The van der Waals surface area contributed by atoms with Gasteiger partial charge >= 0.3 is 0 Å². The Hall–Kier alpha value is -2.80. The highest BCUT2D eigenvalue weighted by atomic mass is 19.1. The van der Waals surface area contributed by atoms with Crippen LogP contribution in [0.2, 0.25) is 0 Å². The number of likely N-dealkylation sites (tertiary alicyclic amines) is 1. The first-order valence-electron chi connectivity index (χ1n) is 10.7. The molecule has 2 unspecified atom stereocenters. The van der Waals surface area contributed by atoms with Gasteiger partial charge < -0.3 is 14.5 Å². The fraction of sp³-hybridized carbons (Fsp3) is 0.417. The molecule has 0 bridgehead atoms. The molecule has 3 fully saturated rings. The van der Waals surface area contributed by atoms with Crippen LogP contribution in [0.1, 0.15) is 53.2 Å². The standard InChI is InChI=1S/C24H24F2N2O3/c1-15-6-7-19(26)17(14-15)22(29)27-12-10-24(11-13-27)23(30)28-20(8-9-21(28)31-24)16-4-2-3-5-18(16)25/h2-7,14,20-21H,8-13H2,1H3. The molecule has 3 saturated heterocycles. The van der Waals surface area contributed by atoms with Crippen LogP contribution in [0, 0.1) is 18.6 Å². The van der Waals surface area contributed by atoms with E-state index in [9.17, 15) is 18.4 Å². The van der Waals surface area contributed by atoms with Crippen LogP contribution in [0.4, 0.5) is 8.78 Å². The maximum atomic E-state index is 14.4. The molecule has 3 heterocycles. The number of halogens is 2. The van der Waals surface area contributed by atoms with Gasteiger partial charge in [0.15, 0.2) is 5.60 Å². The predicted octanol–water partition coefficient (Wildman–Crippen LogP) is 3.97. The first kappa shape index (κ1) is 20.1. The number of fused-ring (bicyclic) bond motifs is 1. The van der Waals surface area contributed by atoms with Gasteiger partial charge in [0.2, 0.25) is 0 Å². The smallest absolute Gasteiger partial charge is 0.257 e. The summed E-state index contributed by atoms with van der Waals surface area (Å²) < 4.78 is 34.8. The molecule has 0 N–H and O–H groups in total. The van der Waals surface area contributed by atoms with Crippen molar-refractivity contribution in [2.24, 2.45) is 0 Å². The van der Waals surface area contributed by atoms with E-state index in [0.29, 0.717) is 44.3 Å².